The van der Waals surface area contributed by atoms with Crippen LogP contribution in [0.15, 0.2) is 16.5 Å². The third kappa shape index (κ3) is 2.76. The van der Waals surface area contributed by atoms with E-state index in [1.54, 1.807) is 11.8 Å². The lowest BCUT2D eigenvalue weighted by atomic mass is 10.0. The van der Waals surface area contributed by atoms with Gasteiger partial charge in [-0.15, -0.1) is 11.3 Å². The van der Waals surface area contributed by atoms with Crippen molar-refractivity contribution in [2.24, 2.45) is 0 Å². The minimum absolute atomic E-state index is 0.102. The van der Waals surface area contributed by atoms with E-state index in [1.165, 1.54) is 11.3 Å². The first-order valence-corrected chi connectivity index (χ1v) is 9.08. The molecule has 8 heteroatoms. The predicted molar refractivity (Wildman–Crippen MR) is 92.7 cm³/mol. The lowest BCUT2D eigenvalue weighted by Crippen LogP contribution is -2.39. The Morgan fingerprint density at radius 3 is 3.00 bits per heavy atom. The SMILES string of the molecule is CCOC(=O)N1CCc2c(sc3c2C(=O)N[C@@H](c2ccc(C)o2)N3)C1. The fourth-order valence-electron chi connectivity index (χ4n) is 3.24. The lowest BCUT2D eigenvalue weighted by Gasteiger charge is -2.27. The number of hydrogen-bond donors (Lipinski definition) is 2. The molecule has 0 spiro atoms. The van der Waals surface area contributed by atoms with Crippen molar-refractivity contribution in [2.45, 2.75) is 33.0 Å². The topological polar surface area (TPSA) is 83.8 Å². The molecule has 0 bridgehead atoms. The molecule has 0 aromatic carbocycles. The molecule has 132 valence electrons. The van der Waals surface area contributed by atoms with E-state index in [0.29, 0.717) is 37.4 Å². The Bertz CT molecular complexity index is 841. The molecule has 0 saturated heterocycles. The molecule has 2 aromatic heterocycles. The van der Waals surface area contributed by atoms with Gasteiger partial charge in [0.15, 0.2) is 6.17 Å². The Morgan fingerprint density at radius 1 is 1.44 bits per heavy atom. The number of carbonyl (C=O) groups excluding carboxylic acids is 2. The maximum absolute atomic E-state index is 12.6. The molecule has 4 heterocycles. The van der Waals surface area contributed by atoms with Crippen molar-refractivity contribution in [2.75, 3.05) is 18.5 Å². The van der Waals surface area contributed by atoms with Gasteiger partial charge in [0, 0.05) is 11.4 Å². The second-order valence-corrected chi connectivity index (χ2v) is 7.18. The van der Waals surface area contributed by atoms with Crippen molar-refractivity contribution < 1.29 is 18.7 Å². The lowest BCUT2D eigenvalue weighted by molar-refractivity contribution is 0.0929. The third-order valence-electron chi connectivity index (χ3n) is 4.41. The van der Waals surface area contributed by atoms with E-state index >= 15 is 0 Å². The van der Waals surface area contributed by atoms with Crippen molar-refractivity contribution in [3.05, 3.63) is 39.7 Å². The second-order valence-electron chi connectivity index (χ2n) is 6.08. The molecular formula is C17H19N3O4S. The Kier molecular flexibility index (Phi) is 3.91. The molecule has 0 radical (unpaired) electrons. The van der Waals surface area contributed by atoms with Gasteiger partial charge in [-0.05, 0) is 38.0 Å². The molecule has 0 unspecified atom stereocenters. The summed E-state index contributed by atoms with van der Waals surface area (Å²) in [5, 5.41) is 7.12. The summed E-state index contributed by atoms with van der Waals surface area (Å²) in [4.78, 5) is 27.3. The molecule has 2 aliphatic heterocycles. The van der Waals surface area contributed by atoms with Gasteiger partial charge in [-0.25, -0.2) is 4.79 Å². The fourth-order valence-corrected chi connectivity index (χ4v) is 4.53. The monoisotopic (exact) mass is 361 g/mol. The quantitative estimate of drug-likeness (QED) is 0.859. The van der Waals surface area contributed by atoms with Gasteiger partial charge in [-0.1, -0.05) is 0 Å². The second kappa shape index (κ2) is 6.11. The smallest absolute Gasteiger partial charge is 0.410 e. The molecule has 2 N–H and O–H groups in total. The zero-order valence-electron chi connectivity index (χ0n) is 14.0. The highest BCUT2D eigenvalue weighted by Gasteiger charge is 2.35. The minimum Gasteiger partial charge on any atom is -0.462 e. The molecule has 7 nitrogen and oxygen atoms in total. The van der Waals surface area contributed by atoms with Gasteiger partial charge in [0.2, 0.25) is 0 Å². The molecule has 1 atom stereocenters. The maximum atomic E-state index is 12.6. The largest absolute Gasteiger partial charge is 0.462 e. The van der Waals surface area contributed by atoms with Crippen LogP contribution >= 0.6 is 11.3 Å². The van der Waals surface area contributed by atoms with E-state index in [1.807, 2.05) is 19.1 Å². The van der Waals surface area contributed by atoms with Crippen molar-refractivity contribution in [1.82, 2.24) is 10.2 Å². The van der Waals surface area contributed by atoms with Crippen LogP contribution in [0.1, 0.15) is 45.4 Å². The number of thiophene rings is 1. The van der Waals surface area contributed by atoms with Gasteiger partial charge in [-0.2, -0.15) is 0 Å². The van der Waals surface area contributed by atoms with Crippen LogP contribution in [0.4, 0.5) is 9.80 Å². The zero-order chi connectivity index (χ0) is 17.6. The highest BCUT2D eigenvalue weighted by molar-refractivity contribution is 7.16. The highest BCUT2D eigenvalue weighted by Crippen LogP contribution is 2.40. The molecule has 25 heavy (non-hydrogen) atoms. The molecule has 0 aliphatic carbocycles. The van der Waals surface area contributed by atoms with Gasteiger partial charge in [0.05, 0.1) is 18.7 Å². The van der Waals surface area contributed by atoms with E-state index in [0.717, 1.165) is 21.2 Å². The summed E-state index contributed by atoms with van der Waals surface area (Å²) in [6, 6.07) is 3.73. The van der Waals surface area contributed by atoms with Crippen LogP contribution in [0.25, 0.3) is 0 Å². The van der Waals surface area contributed by atoms with Crippen LogP contribution in [-0.4, -0.2) is 30.1 Å². The van der Waals surface area contributed by atoms with Crippen LogP contribution in [0, 0.1) is 6.92 Å². The maximum Gasteiger partial charge on any atom is 0.410 e. The standard InChI is InChI=1S/C17H19N3O4S/c1-3-23-17(22)20-7-6-10-12(8-20)25-16-13(10)15(21)18-14(19-16)11-5-4-9(2)24-11/h4-5,14,19H,3,6-8H2,1-2H3,(H,18,21)/t14-/m1/s1. The number of ether oxygens (including phenoxy) is 1. The van der Waals surface area contributed by atoms with Crippen molar-refractivity contribution >= 4 is 28.3 Å². The molecule has 2 aliphatic rings. The first-order valence-electron chi connectivity index (χ1n) is 8.26. The average molecular weight is 361 g/mol. The van der Waals surface area contributed by atoms with Gasteiger partial charge in [0.25, 0.3) is 5.91 Å². The number of aryl methyl sites for hydroxylation is 1. The van der Waals surface area contributed by atoms with Crippen LogP contribution in [0.2, 0.25) is 0 Å². The van der Waals surface area contributed by atoms with Crippen molar-refractivity contribution in [3.63, 3.8) is 0 Å². The van der Waals surface area contributed by atoms with E-state index in [-0.39, 0.29) is 18.2 Å². The number of rotatable bonds is 2. The van der Waals surface area contributed by atoms with Crippen LogP contribution in [0.3, 0.4) is 0 Å². The molecular weight excluding hydrogens is 342 g/mol. The number of hydrogen-bond acceptors (Lipinski definition) is 6. The minimum atomic E-state index is -0.380. The third-order valence-corrected chi connectivity index (χ3v) is 5.55. The number of nitrogens with one attached hydrogen (secondary N) is 2. The molecule has 2 amide bonds. The summed E-state index contributed by atoms with van der Waals surface area (Å²) in [5.41, 5.74) is 1.72. The van der Waals surface area contributed by atoms with E-state index < -0.39 is 0 Å². The van der Waals surface area contributed by atoms with Gasteiger partial charge in [-0.3, -0.25) is 4.79 Å². The van der Waals surface area contributed by atoms with E-state index in [9.17, 15) is 9.59 Å². The van der Waals surface area contributed by atoms with Crippen LogP contribution in [-0.2, 0) is 17.7 Å². The number of carbonyl (C=O) groups is 2. The Balaban J connectivity index is 1.60. The van der Waals surface area contributed by atoms with Gasteiger partial charge >= 0.3 is 6.09 Å². The number of anilines is 1. The fraction of sp³-hybridized carbons (Fsp3) is 0.412. The number of amides is 2. The Morgan fingerprint density at radius 2 is 2.28 bits per heavy atom. The predicted octanol–water partition coefficient (Wildman–Crippen LogP) is 3.02. The van der Waals surface area contributed by atoms with Crippen LogP contribution < -0.4 is 10.6 Å². The highest BCUT2D eigenvalue weighted by atomic mass is 32.1. The first-order chi connectivity index (χ1) is 12.1. The van der Waals surface area contributed by atoms with Gasteiger partial charge in [0.1, 0.15) is 16.5 Å². The normalized spacial score (nSPS) is 18.9. The first kappa shape index (κ1) is 16.0. The van der Waals surface area contributed by atoms with Crippen molar-refractivity contribution in [1.29, 1.82) is 0 Å². The Labute approximate surface area is 148 Å². The van der Waals surface area contributed by atoms with Crippen LogP contribution in [0.5, 0.6) is 0 Å². The number of nitrogens with zero attached hydrogens (tertiary/aromatic N) is 1. The number of furan rings is 1. The summed E-state index contributed by atoms with van der Waals surface area (Å²) in [7, 11) is 0. The summed E-state index contributed by atoms with van der Waals surface area (Å²) in [6.07, 6.45) is -0.0320. The molecule has 0 fully saturated rings. The van der Waals surface area contributed by atoms with Gasteiger partial charge < -0.3 is 24.7 Å². The summed E-state index contributed by atoms with van der Waals surface area (Å²) >= 11 is 1.52. The molecule has 2 aromatic rings. The summed E-state index contributed by atoms with van der Waals surface area (Å²) in [6.45, 7) is 5.06. The van der Waals surface area contributed by atoms with E-state index in [2.05, 4.69) is 10.6 Å². The Hall–Kier alpha value is -2.48. The summed E-state index contributed by atoms with van der Waals surface area (Å²) < 4.78 is 10.7. The number of fused-ring (bicyclic) bond motifs is 3. The average Bonchev–Trinajstić information content (AvgIpc) is 3.17. The molecule has 0 saturated carbocycles. The van der Waals surface area contributed by atoms with Crippen molar-refractivity contribution in [3.8, 4) is 0 Å². The zero-order valence-corrected chi connectivity index (χ0v) is 14.9. The summed E-state index contributed by atoms with van der Waals surface area (Å²) in [5.74, 6) is 1.37. The molecule has 4 rings (SSSR count). The van der Waals surface area contributed by atoms with E-state index in [4.69, 9.17) is 9.15 Å².